The number of aromatic nitrogens is 4. The van der Waals surface area contributed by atoms with Gasteiger partial charge >= 0.3 is 0 Å². The van der Waals surface area contributed by atoms with Gasteiger partial charge in [-0.05, 0) is 30.9 Å². The van der Waals surface area contributed by atoms with Crippen molar-refractivity contribution < 1.29 is 9.13 Å². The van der Waals surface area contributed by atoms with E-state index in [0.717, 1.165) is 81.3 Å². The number of nitrogens with zero attached hydrogens (tertiary/aromatic N) is 6. The van der Waals surface area contributed by atoms with Crippen molar-refractivity contribution in [2.45, 2.75) is 12.8 Å². The first-order valence-corrected chi connectivity index (χ1v) is 10.8. The van der Waals surface area contributed by atoms with Crippen molar-refractivity contribution in [2.24, 2.45) is 5.92 Å². The van der Waals surface area contributed by atoms with Crippen LogP contribution in [0.3, 0.4) is 0 Å². The van der Waals surface area contributed by atoms with Gasteiger partial charge in [-0.15, -0.1) is 0 Å². The molecule has 1 N–H and O–H groups in total. The summed E-state index contributed by atoms with van der Waals surface area (Å²) in [6.07, 6.45) is 6.29. The van der Waals surface area contributed by atoms with Gasteiger partial charge in [0.05, 0.1) is 31.1 Å². The third-order valence-electron chi connectivity index (χ3n) is 5.98. The number of ether oxygens (including phenoxy) is 1. The number of hydrogen-bond donors (Lipinski definition) is 1. The smallest absolute Gasteiger partial charge is 0.222 e. The zero-order chi connectivity index (χ0) is 21.0. The van der Waals surface area contributed by atoms with E-state index in [-0.39, 0.29) is 0 Å². The minimum absolute atomic E-state index is 0.424. The summed E-state index contributed by atoms with van der Waals surface area (Å²) in [7, 11) is 0. The Balaban J connectivity index is 1.29. The van der Waals surface area contributed by atoms with Crippen molar-refractivity contribution in [1.82, 2.24) is 19.9 Å². The Morgan fingerprint density at radius 3 is 2.58 bits per heavy atom. The Bertz CT molecular complexity index is 1020. The molecule has 2 fully saturated rings. The lowest BCUT2D eigenvalue weighted by Crippen LogP contribution is -2.38. The second kappa shape index (κ2) is 8.97. The van der Waals surface area contributed by atoms with Crippen LogP contribution in [0.1, 0.15) is 12.8 Å². The molecule has 2 aliphatic heterocycles. The molecule has 0 aliphatic carbocycles. The molecule has 0 amide bonds. The van der Waals surface area contributed by atoms with Gasteiger partial charge in [0.15, 0.2) is 5.82 Å². The van der Waals surface area contributed by atoms with Crippen molar-refractivity contribution in [3.05, 3.63) is 42.6 Å². The predicted molar refractivity (Wildman–Crippen MR) is 118 cm³/mol. The van der Waals surface area contributed by atoms with Crippen LogP contribution in [0.4, 0.5) is 22.0 Å². The molecule has 162 valence electrons. The van der Waals surface area contributed by atoms with Gasteiger partial charge in [0.25, 0.3) is 0 Å². The summed E-state index contributed by atoms with van der Waals surface area (Å²) in [5.41, 5.74) is 0.978. The SMILES string of the molecule is Fc1cnc(NCC2CCN(c3nc(N4CCOCC4)cc4ncccc34)CC2)nc1. The first kappa shape index (κ1) is 19.9. The Kier molecular flexibility index (Phi) is 5.75. The fourth-order valence-corrected chi connectivity index (χ4v) is 4.23. The molecule has 2 aliphatic rings. The average Bonchev–Trinajstić information content (AvgIpc) is 2.84. The highest BCUT2D eigenvalue weighted by Crippen LogP contribution is 2.31. The van der Waals surface area contributed by atoms with E-state index in [1.54, 1.807) is 0 Å². The Morgan fingerprint density at radius 2 is 1.81 bits per heavy atom. The van der Waals surface area contributed by atoms with Gasteiger partial charge in [0.2, 0.25) is 5.95 Å². The molecule has 0 unspecified atom stereocenters. The molecule has 0 atom stereocenters. The molecular weight excluding hydrogens is 397 g/mol. The van der Waals surface area contributed by atoms with Crippen molar-refractivity contribution in [3.63, 3.8) is 0 Å². The van der Waals surface area contributed by atoms with Crippen LogP contribution < -0.4 is 15.1 Å². The van der Waals surface area contributed by atoms with Crippen molar-refractivity contribution in [3.8, 4) is 0 Å². The molecule has 5 heterocycles. The topological polar surface area (TPSA) is 79.3 Å². The number of anilines is 3. The van der Waals surface area contributed by atoms with Gasteiger partial charge in [-0.25, -0.2) is 19.3 Å². The summed E-state index contributed by atoms with van der Waals surface area (Å²) >= 11 is 0. The number of piperidine rings is 1. The molecular formula is C22H26FN7O. The van der Waals surface area contributed by atoms with E-state index in [9.17, 15) is 4.39 Å². The van der Waals surface area contributed by atoms with Crippen molar-refractivity contribution >= 4 is 28.5 Å². The molecule has 0 saturated carbocycles. The van der Waals surface area contributed by atoms with Gasteiger partial charge in [-0.1, -0.05) is 0 Å². The van der Waals surface area contributed by atoms with E-state index in [1.807, 2.05) is 12.3 Å². The van der Waals surface area contributed by atoms with E-state index >= 15 is 0 Å². The first-order valence-electron chi connectivity index (χ1n) is 10.8. The fraction of sp³-hybridized carbons (Fsp3) is 0.455. The van der Waals surface area contributed by atoms with E-state index in [0.29, 0.717) is 11.9 Å². The van der Waals surface area contributed by atoms with Crippen LogP contribution in [-0.2, 0) is 4.74 Å². The molecule has 0 spiro atoms. The number of morpholine rings is 1. The van der Waals surface area contributed by atoms with Gasteiger partial charge < -0.3 is 19.9 Å². The average molecular weight is 423 g/mol. The van der Waals surface area contributed by atoms with Crippen LogP contribution in [0.5, 0.6) is 0 Å². The summed E-state index contributed by atoms with van der Waals surface area (Å²) in [5.74, 6) is 2.55. The maximum absolute atomic E-state index is 13.0. The molecule has 8 nitrogen and oxygen atoms in total. The van der Waals surface area contributed by atoms with E-state index in [2.05, 4.69) is 42.2 Å². The number of fused-ring (bicyclic) bond motifs is 1. The van der Waals surface area contributed by atoms with Gasteiger partial charge in [0.1, 0.15) is 11.6 Å². The first-order chi connectivity index (χ1) is 15.3. The van der Waals surface area contributed by atoms with Crippen LogP contribution >= 0.6 is 0 Å². The number of rotatable bonds is 5. The Labute approximate surface area is 180 Å². The van der Waals surface area contributed by atoms with Gasteiger partial charge in [0, 0.05) is 50.4 Å². The quantitative estimate of drug-likeness (QED) is 0.671. The van der Waals surface area contributed by atoms with Crippen LogP contribution in [0.15, 0.2) is 36.8 Å². The summed E-state index contributed by atoms with van der Waals surface area (Å²) in [4.78, 5) is 22.3. The van der Waals surface area contributed by atoms with Crippen molar-refractivity contribution in [2.75, 3.05) is 61.1 Å². The predicted octanol–water partition coefficient (Wildman–Crippen LogP) is 2.72. The summed E-state index contributed by atoms with van der Waals surface area (Å²) in [5, 5.41) is 4.32. The maximum atomic E-state index is 13.0. The lowest BCUT2D eigenvalue weighted by Gasteiger charge is -2.34. The van der Waals surface area contributed by atoms with Crippen LogP contribution in [0, 0.1) is 11.7 Å². The second-order valence-corrected chi connectivity index (χ2v) is 8.01. The third kappa shape index (κ3) is 4.51. The normalized spacial score (nSPS) is 17.8. The fourth-order valence-electron chi connectivity index (χ4n) is 4.23. The zero-order valence-electron chi connectivity index (χ0n) is 17.4. The lowest BCUT2D eigenvalue weighted by molar-refractivity contribution is 0.122. The number of pyridine rings is 2. The highest BCUT2D eigenvalue weighted by molar-refractivity contribution is 5.91. The molecule has 0 radical (unpaired) electrons. The highest BCUT2D eigenvalue weighted by atomic mass is 19.1. The number of nitrogens with one attached hydrogen (secondary N) is 1. The number of hydrogen-bond acceptors (Lipinski definition) is 8. The van der Waals surface area contributed by atoms with Crippen molar-refractivity contribution in [1.29, 1.82) is 0 Å². The van der Waals surface area contributed by atoms with Gasteiger partial charge in [-0.2, -0.15) is 0 Å². The van der Waals surface area contributed by atoms with Crippen LogP contribution in [-0.4, -0.2) is 65.9 Å². The molecule has 3 aromatic rings. The summed E-state index contributed by atoms with van der Waals surface area (Å²) in [6.45, 7) is 5.80. The summed E-state index contributed by atoms with van der Waals surface area (Å²) in [6, 6.07) is 6.16. The van der Waals surface area contributed by atoms with E-state index in [4.69, 9.17) is 9.72 Å². The highest BCUT2D eigenvalue weighted by Gasteiger charge is 2.23. The van der Waals surface area contributed by atoms with E-state index < -0.39 is 5.82 Å². The van der Waals surface area contributed by atoms with Crippen LogP contribution in [0.2, 0.25) is 0 Å². The molecule has 0 bridgehead atoms. The van der Waals surface area contributed by atoms with E-state index in [1.165, 1.54) is 12.4 Å². The minimum atomic E-state index is -0.424. The maximum Gasteiger partial charge on any atom is 0.222 e. The Hall–Kier alpha value is -3.07. The van der Waals surface area contributed by atoms with Gasteiger partial charge in [-0.3, -0.25) is 4.98 Å². The molecule has 2 saturated heterocycles. The molecule has 9 heteroatoms. The molecule has 5 rings (SSSR count). The molecule has 0 aromatic carbocycles. The standard InChI is InChI=1S/C22H26FN7O/c23-17-14-26-22(27-15-17)25-13-16-3-6-30(7-4-16)21-18-2-1-5-24-19(18)12-20(28-21)29-8-10-31-11-9-29/h1-2,5,12,14-16H,3-4,6-11,13H2,(H,25,26,27). The number of halogens is 1. The minimum Gasteiger partial charge on any atom is -0.378 e. The second-order valence-electron chi connectivity index (χ2n) is 8.01. The van der Waals surface area contributed by atoms with Crippen LogP contribution in [0.25, 0.3) is 10.9 Å². The largest absolute Gasteiger partial charge is 0.378 e. The molecule has 3 aromatic heterocycles. The lowest BCUT2D eigenvalue weighted by atomic mass is 9.96. The summed E-state index contributed by atoms with van der Waals surface area (Å²) < 4.78 is 18.5. The Morgan fingerprint density at radius 1 is 1.03 bits per heavy atom. The zero-order valence-corrected chi connectivity index (χ0v) is 17.4. The molecule has 31 heavy (non-hydrogen) atoms. The monoisotopic (exact) mass is 423 g/mol. The third-order valence-corrected chi connectivity index (χ3v) is 5.98.